The summed E-state index contributed by atoms with van der Waals surface area (Å²) in [4.78, 5) is 27.8. The number of hydrogen-bond donors (Lipinski definition) is 1. The van der Waals surface area contributed by atoms with Gasteiger partial charge in [-0.2, -0.15) is 0 Å². The SMILES string of the molecule is CNC(=O)[C@H](C)N(Cc1ccc(Br)cc1)C(=O)CN(c1cc(C)cc(C)c1)S(=O)(=O)c1ccc(OC)c(OC)c1. The molecule has 0 fully saturated rings. The summed E-state index contributed by atoms with van der Waals surface area (Å²) >= 11 is 3.40. The standard InChI is InChI=1S/C29H34BrN3O6S/c1-19-13-20(2)15-24(14-19)33(40(36,37)25-11-12-26(38-5)27(16-25)39-6)18-28(34)32(21(3)29(35)31-4)17-22-7-9-23(30)10-8-22/h7-16,21H,17-18H2,1-6H3,(H,31,35)/t21-/m0/s1. The number of rotatable bonds is 11. The summed E-state index contributed by atoms with van der Waals surface area (Å²) in [5.41, 5.74) is 2.78. The van der Waals surface area contributed by atoms with E-state index in [4.69, 9.17) is 9.47 Å². The smallest absolute Gasteiger partial charge is 0.264 e. The molecule has 3 rings (SSSR count). The number of halogens is 1. The van der Waals surface area contributed by atoms with Crippen molar-refractivity contribution in [1.29, 1.82) is 0 Å². The van der Waals surface area contributed by atoms with Gasteiger partial charge >= 0.3 is 0 Å². The summed E-state index contributed by atoms with van der Waals surface area (Å²) in [6, 6.07) is 16.1. The van der Waals surface area contributed by atoms with Crippen LogP contribution in [0.4, 0.5) is 5.69 Å². The molecule has 0 radical (unpaired) electrons. The second kappa shape index (κ2) is 13.2. The molecular weight excluding hydrogens is 598 g/mol. The Kier molecular flexibility index (Phi) is 10.2. The first kappa shape index (κ1) is 31.0. The number of nitrogens with one attached hydrogen (secondary N) is 1. The van der Waals surface area contributed by atoms with Crippen molar-refractivity contribution in [2.75, 3.05) is 32.1 Å². The summed E-state index contributed by atoms with van der Waals surface area (Å²) in [6.45, 7) is 4.90. The van der Waals surface area contributed by atoms with Gasteiger partial charge in [-0.3, -0.25) is 13.9 Å². The van der Waals surface area contributed by atoms with Gasteiger partial charge in [0, 0.05) is 24.1 Å². The number of anilines is 1. The largest absolute Gasteiger partial charge is 0.493 e. The van der Waals surface area contributed by atoms with Crippen LogP contribution in [0.1, 0.15) is 23.6 Å². The lowest BCUT2D eigenvalue weighted by Gasteiger charge is -2.32. The number of benzene rings is 3. The molecule has 0 aromatic heterocycles. The van der Waals surface area contributed by atoms with E-state index >= 15 is 0 Å². The molecule has 3 aromatic carbocycles. The summed E-state index contributed by atoms with van der Waals surface area (Å²) in [5, 5.41) is 2.58. The maximum Gasteiger partial charge on any atom is 0.264 e. The first-order valence-electron chi connectivity index (χ1n) is 12.5. The van der Waals surface area contributed by atoms with Gasteiger partial charge in [0.15, 0.2) is 11.5 Å². The molecule has 0 spiro atoms. The zero-order chi connectivity index (χ0) is 29.6. The number of nitrogens with zero attached hydrogens (tertiary/aromatic N) is 2. The molecule has 3 aromatic rings. The molecule has 0 saturated carbocycles. The fourth-order valence-corrected chi connectivity index (χ4v) is 5.98. The van der Waals surface area contributed by atoms with Gasteiger partial charge < -0.3 is 19.7 Å². The Morgan fingerprint density at radius 1 is 0.925 bits per heavy atom. The lowest BCUT2D eigenvalue weighted by molar-refractivity contribution is -0.139. The zero-order valence-electron chi connectivity index (χ0n) is 23.4. The zero-order valence-corrected chi connectivity index (χ0v) is 25.8. The van der Waals surface area contributed by atoms with Gasteiger partial charge in [-0.1, -0.05) is 34.1 Å². The monoisotopic (exact) mass is 631 g/mol. The van der Waals surface area contributed by atoms with Crippen LogP contribution in [0.25, 0.3) is 0 Å². The van der Waals surface area contributed by atoms with Crippen LogP contribution < -0.4 is 19.1 Å². The minimum Gasteiger partial charge on any atom is -0.493 e. The third kappa shape index (κ3) is 7.14. The molecule has 0 bridgehead atoms. The number of carbonyl (C=O) groups is 2. The van der Waals surface area contributed by atoms with Crippen LogP contribution in [-0.2, 0) is 26.2 Å². The van der Waals surface area contributed by atoms with Gasteiger partial charge in [-0.15, -0.1) is 0 Å². The van der Waals surface area contributed by atoms with Crippen molar-refractivity contribution in [1.82, 2.24) is 10.2 Å². The second-order valence-corrected chi connectivity index (χ2v) is 12.1. The fourth-order valence-electron chi connectivity index (χ4n) is 4.31. The molecule has 2 amide bonds. The van der Waals surface area contributed by atoms with Crippen LogP contribution in [0.5, 0.6) is 11.5 Å². The molecule has 0 saturated heterocycles. The predicted molar refractivity (Wildman–Crippen MR) is 158 cm³/mol. The topological polar surface area (TPSA) is 105 Å². The van der Waals surface area contributed by atoms with Crippen LogP contribution in [0.3, 0.4) is 0 Å². The maximum atomic E-state index is 14.1. The summed E-state index contributed by atoms with van der Waals surface area (Å²) < 4.78 is 40.8. The van der Waals surface area contributed by atoms with E-state index in [9.17, 15) is 18.0 Å². The quantitative estimate of drug-likeness (QED) is 0.335. The van der Waals surface area contributed by atoms with Crippen molar-refractivity contribution in [3.05, 3.63) is 81.8 Å². The van der Waals surface area contributed by atoms with E-state index in [0.29, 0.717) is 11.4 Å². The molecule has 0 aliphatic rings. The molecule has 11 heteroatoms. The van der Waals surface area contributed by atoms with Crippen molar-refractivity contribution in [3.8, 4) is 11.5 Å². The first-order valence-corrected chi connectivity index (χ1v) is 14.7. The third-order valence-electron chi connectivity index (χ3n) is 6.40. The van der Waals surface area contributed by atoms with E-state index in [-0.39, 0.29) is 23.1 Å². The highest BCUT2D eigenvalue weighted by Gasteiger charge is 2.33. The third-order valence-corrected chi connectivity index (χ3v) is 8.69. The average Bonchev–Trinajstić information content (AvgIpc) is 2.93. The fraction of sp³-hybridized carbons (Fsp3) is 0.310. The van der Waals surface area contributed by atoms with Gasteiger partial charge in [0.1, 0.15) is 12.6 Å². The Hall–Kier alpha value is -3.57. The Morgan fingerprint density at radius 2 is 1.52 bits per heavy atom. The van der Waals surface area contributed by atoms with Crippen molar-refractivity contribution >= 4 is 43.5 Å². The lowest BCUT2D eigenvalue weighted by Crippen LogP contribution is -2.50. The average molecular weight is 633 g/mol. The summed E-state index contributed by atoms with van der Waals surface area (Å²) in [7, 11) is 0.105. The van der Waals surface area contributed by atoms with Gasteiger partial charge in [-0.25, -0.2) is 8.42 Å². The van der Waals surface area contributed by atoms with Gasteiger partial charge in [-0.05, 0) is 73.9 Å². The van der Waals surface area contributed by atoms with Crippen LogP contribution in [0.15, 0.2) is 70.0 Å². The van der Waals surface area contributed by atoms with E-state index in [1.165, 1.54) is 44.4 Å². The summed E-state index contributed by atoms with van der Waals surface area (Å²) in [6.07, 6.45) is 0. The normalized spacial score (nSPS) is 11.9. The number of aryl methyl sites for hydroxylation is 2. The molecular formula is C29H34BrN3O6S. The molecule has 1 N–H and O–H groups in total. The van der Waals surface area contributed by atoms with Gasteiger partial charge in [0.2, 0.25) is 11.8 Å². The maximum absolute atomic E-state index is 14.1. The Labute approximate surface area is 244 Å². The van der Waals surface area contributed by atoms with E-state index in [0.717, 1.165) is 25.5 Å². The molecule has 1 atom stereocenters. The Bertz CT molecular complexity index is 1460. The number of carbonyl (C=O) groups excluding carboxylic acids is 2. The van der Waals surface area contributed by atoms with E-state index < -0.39 is 28.5 Å². The highest BCUT2D eigenvalue weighted by Crippen LogP contribution is 2.33. The summed E-state index contributed by atoms with van der Waals surface area (Å²) in [5.74, 6) is -0.302. The highest BCUT2D eigenvalue weighted by atomic mass is 79.9. The number of hydrogen-bond acceptors (Lipinski definition) is 6. The number of sulfonamides is 1. The van der Waals surface area contributed by atoms with Crippen molar-refractivity contribution in [2.45, 2.75) is 38.3 Å². The van der Waals surface area contributed by atoms with Crippen molar-refractivity contribution < 1.29 is 27.5 Å². The van der Waals surface area contributed by atoms with Gasteiger partial charge in [0.05, 0.1) is 24.8 Å². The number of likely N-dealkylation sites (N-methyl/N-ethyl adjacent to an activating group) is 1. The van der Waals surface area contributed by atoms with Gasteiger partial charge in [0.25, 0.3) is 10.0 Å². The number of amides is 2. The van der Waals surface area contributed by atoms with E-state index in [1.54, 1.807) is 19.1 Å². The molecule has 214 valence electrons. The molecule has 0 unspecified atom stereocenters. The molecule has 40 heavy (non-hydrogen) atoms. The van der Waals surface area contributed by atoms with E-state index in [1.807, 2.05) is 44.2 Å². The second-order valence-electron chi connectivity index (χ2n) is 9.31. The molecule has 0 heterocycles. The minimum atomic E-state index is -4.26. The molecule has 0 aliphatic heterocycles. The Morgan fingerprint density at radius 3 is 2.08 bits per heavy atom. The highest BCUT2D eigenvalue weighted by molar-refractivity contribution is 9.10. The Balaban J connectivity index is 2.10. The van der Waals surface area contributed by atoms with Crippen LogP contribution in [0, 0.1) is 13.8 Å². The van der Waals surface area contributed by atoms with Crippen molar-refractivity contribution in [3.63, 3.8) is 0 Å². The first-order chi connectivity index (χ1) is 18.9. The van der Waals surface area contributed by atoms with Crippen LogP contribution >= 0.6 is 15.9 Å². The van der Waals surface area contributed by atoms with Crippen LogP contribution in [-0.4, -0.2) is 59.0 Å². The van der Waals surface area contributed by atoms with E-state index in [2.05, 4.69) is 21.2 Å². The van der Waals surface area contributed by atoms with Crippen LogP contribution in [0.2, 0.25) is 0 Å². The van der Waals surface area contributed by atoms with Crippen molar-refractivity contribution in [2.24, 2.45) is 0 Å². The predicted octanol–water partition coefficient (Wildman–Crippen LogP) is 4.44. The minimum absolute atomic E-state index is 0.0732. The molecule has 9 nitrogen and oxygen atoms in total. The number of methoxy groups -OCH3 is 2. The number of ether oxygens (including phenoxy) is 2. The molecule has 0 aliphatic carbocycles. The lowest BCUT2D eigenvalue weighted by atomic mass is 10.1.